The summed E-state index contributed by atoms with van der Waals surface area (Å²) >= 11 is 1.83. The number of hydrogen-bond donors (Lipinski definition) is 0. The van der Waals surface area contributed by atoms with Crippen LogP contribution in [0.15, 0.2) is 94.1 Å². The van der Waals surface area contributed by atoms with Gasteiger partial charge in [0.2, 0.25) is 0 Å². The van der Waals surface area contributed by atoms with Gasteiger partial charge in [0.05, 0.1) is 26.5 Å². The SMILES string of the molecule is C\C=C(/C=C(\C=C/COC)C1CC(c2ccc(OC)cc2)=Nc2ccccc2S1)OC. The Bertz CT molecular complexity index is 990. The highest BCUT2D eigenvalue weighted by Crippen LogP contribution is 2.41. The molecule has 2 aromatic carbocycles. The number of allylic oxidation sites excluding steroid dienone is 3. The average molecular weight is 436 g/mol. The van der Waals surface area contributed by atoms with Gasteiger partial charge < -0.3 is 14.2 Å². The van der Waals surface area contributed by atoms with E-state index in [2.05, 4.69) is 42.5 Å². The van der Waals surface area contributed by atoms with Gasteiger partial charge in [0, 0.05) is 29.4 Å². The minimum atomic E-state index is 0.169. The minimum Gasteiger partial charge on any atom is -0.497 e. The first kappa shape index (κ1) is 22.9. The fourth-order valence-corrected chi connectivity index (χ4v) is 4.54. The van der Waals surface area contributed by atoms with Gasteiger partial charge in [-0.15, -0.1) is 11.8 Å². The Labute approximate surface area is 189 Å². The topological polar surface area (TPSA) is 40.0 Å². The molecule has 1 atom stereocenters. The predicted molar refractivity (Wildman–Crippen MR) is 130 cm³/mol. The minimum absolute atomic E-state index is 0.169. The van der Waals surface area contributed by atoms with Gasteiger partial charge in [0.25, 0.3) is 0 Å². The van der Waals surface area contributed by atoms with Crippen molar-refractivity contribution in [2.75, 3.05) is 27.9 Å². The first-order valence-corrected chi connectivity index (χ1v) is 11.1. The summed E-state index contributed by atoms with van der Waals surface area (Å²) in [6, 6.07) is 16.4. The Hall–Kier alpha value is -2.76. The summed E-state index contributed by atoms with van der Waals surface area (Å²) in [4.78, 5) is 6.21. The van der Waals surface area contributed by atoms with Crippen LogP contribution in [-0.2, 0) is 9.47 Å². The van der Waals surface area contributed by atoms with Crippen LogP contribution in [0, 0.1) is 0 Å². The molecule has 1 aliphatic heterocycles. The fourth-order valence-electron chi connectivity index (χ4n) is 3.32. The van der Waals surface area contributed by atoms with Crippen molar-refractivity contribution >= 4 is 23.2 Å². The van der Waals surface area contributed by atoms with Crippen LogP contribution in [0.3, 0.4) is 0 Å². The van der Waals surface area contributed by atoms with Gasteiger partial charge in [-0.05, 0) is 66.6 Å². The van der Waals surface area contributed by atoms with E-state index in [-0.39, 0.29) is 5.25 Å². The summed E-state index contributed by atoms with van der Waals surface area (Å²) < 4.78 is 16.1. The van der Waals surface area contributed by atoms with Crippen LogP contribution in [0.1, 0.15) is 18.9 Å². The van der Waals surface area contributed by atoms with Gasteiger partial charge in [-0.25, -0.2) is 0 Å². The normalized spacial score (nSPS) is 17.2. The van der Waals surface area contributed by atoms with E-state index in [0.29, 0.717) is 6.61 Å². The zero-order valence-electron chi connectivity index (χ0n) is 18.5. The number of hydrogen-bond acceptors (Lipinski definition) is 5. The maximum atomic E-state index is 5.53. The largest absolute Gasteiger partial charge is 0.497 e. The summed E-state index contributed by atoms with van der Waals surface area (Å²) in [6.07, 6.45) is 9.02. The van der Waals surface area contributed by atoms with Gasteiger partial charge in [-0.2, -0.15) is 0 Å². The van der Waals surface area contributed by atoms with E-state index in [0.717, 1.165) is 40.5 Å². The van der Waals surface area contributed by atoms with Crippen LogP contribution in [0.2, 0.25) is 0 Å². The van der Waals surface area contributed by atoms with Crippen LogP contribution in [0.5, 0.6) is 5.75 Å². The van der Waals surface area contributed by atoms with E-state index in [1.165, 1.54) is 4.90 Å². The molecule has 2 aromatic rings. The highest BCUT2D eigenvalue weighted by Gasteiger charge is 2.23. The second kappa shape index (κ2) is 11.6. The van der Waals surface area contributed by atoms with Gasteiger partial charge in [0.15, 0.2) is 0 Å². The summed E-state index contributed by atoms with van der Waals surface area (Å²) in [7, 11) is 5.08. The van der Waals surface area contributed by atoms with Crippen LogP contribution in [-0.4, -0.2) is 38.9 Å². The van der Waals surface area contributed by atoms with E-state index >= 15 is 0 Å². The van der Waals surface area contributed by atoms with Crippen LogP contribution in [0.25, 0.3) is 0 Å². The number of thioether (sulfide) groups is 1. The molecule has 0 saturated heterocycles. The second-order valence-corrected chi connectivity index (χ2v) is 8.21. The summed E-state index contributed by atoms with van der Waals surface area (Å²) in [5.74, 6) is 1.67. The highest BCUT2D eigenvalue weighted by atomic mass is 32.2. The lowest BCUT2D eigenvalue weighted by molar-refractivity contribution is 0.234. The van der Waals surface area contributed by atoms with Gasteiger partial charge in [0.1, 0.15) is 11.5 Å². The zero-order chi connectivity index (χ0) is 22.1. The van der Waals surface area contributed by atoms with Crippen LogP contribution < -0.4 is 4.74 Å². The van der Waals surface area contributed by atoms with Crippen molar-refractivity contribution in [3.8, 4) is 5.75 Å². The molecule has 0 N–H and O–H groups in total. The molecule has 31 heavy (non-hydrogen) atoms. The molecule has 3 rings (SSSR count). The molecular formula is C26H29NO3S. The van der Waals surface area contributed by atoms with Crippen LogP contribution >= 0.6 is 11.8 Å². The zero-order valence-corrected chi connectivity index (χ0v) is 19.3. The number of ether oxygens (including phenoxy) is 3. The lowest BCUT2D eigenvalue weighted by Crippen LogP contribution is -2.13. The Morgan fingerprint density at radius 2 is 1.87 bits per heavy atom. The molecule has 0 bridgehead atoms. The molecule has 0 radical (unpaired) electrons. The van der Waals surface area contributed by atoms with E-state index in [4.69, 9.17) is 19.2 Å². The number of aliphatic imine (C=N–C) groups is 1. The molecule has 0 aromatic heterocycles. The Kier molecular flexibility index (Phi) is 8.56. The van der Waals surface area contributed by atoms with Crippen molar-refractivity contribution in [2.24, 2.45) is 4.99 Å². The standard InChI is InChI=1S/C26H29NO3S/c1-5-21(29-3)17-20(9-8-16-28-2)26-18-24(19-12-14-22(30-4)15-13-19)27-23-10-6-7-11-25(23)31-26/h5-15,17,26H,16,18H2,1-4H3/b9-8-,20-17+,21-5+. The summed E-state index contributed by atoms with van der Waals surface area (Å²) in [5, 5.41) is 0.169. The molecule has 1 unspecified atom stereocenters. The van der Waals surface area contributed by atoms with E-state index in [1.54, 1.807) is 21.3 Å². The van der Waals surface area contributed by atoms with Gasteiger partial charge >= 0.3 is 0 Å². The maximum Gasteiger partial charge on any atom is 0.118 e. The van der Waals surface area contributed by atoms with E-state index in [9.17, 15) is 0 Å². The molecule has 0 aliphatic carbocycles. The quantitative estimate of drug-likeness (QED) is 0.357. The monoisotopic (exact) mass is 435 g/mol. The van der Waals surface area contributed by atoms with Crippen LogP contribution in [0.4, 0.5) is 5.69 Å². The summed E-state index contributed by atoms with van der Waals surface area (Å²) in [6.45, 7) is 2.54. The molecule has 162 valence electrons. The third-order valence-corrected chi connectivity index (χ3v) is 6.29. The Morgan fingerprint density at radius 1 is 1.10 bits per heavy atom. The Morgan fingerprint density at radius 3 is 2.55 bits per heavy atom. The molecule has 1 aliphatic rings. The molecule has 5 heteroatoms. The number of nitrogens with zero attached hydrogens (tertiary/aromatic N) is 1. The van der Waals surface area contributed by atoms with Gasteiger partial charge in [-0.3, -0.25) is 4.99 Å². The first-order chi connectivity index (χ1) is 15.2. The lowest BCUT2D eigenvalue weighted by atomic mass is 10.00. The molecule has 4 nitrogen and oxygen atoms in total. The lowest BCUT2D eigenvalue weighted by Gasteiger charge is -2.18. The van der Waals surface area contributed by atoms with Crippen molar-refractivity contribution in [3.05, 3.63) is 89.7 Å². The Balaban J connectivity index is 2.05. The number of para-hydroxylation sites is 1. The van der Waals surface area contributed by atoms with E-state index in [1.807, 2.05) is 49.0 Å². The van der Waals surface area contributed by atoms with Gasteiger partial charge in [-0.1, -0.05) is 24.3 Å². The van der Waals surface area contributed by atoms with Crippen molar-refractivity contribution in [2.45, 2.75) is 23.5 Å². The third kappa shape index (κ3) is 6.12. The number of rotatable bonds is 8. The second-order valence-electron chi connectivity index (χ2n) is 6.96. The van der Waals surface area contributed by atoms with Crippen molar-refractivity contribution in [1.82, 2.24) is 0 Å². The molecule has 1 heterocycles. The van der Waals surface area contributed by atoms with Crippen molar-refractivity contribution in [1.29, 1.82) is 0 Å². The van der Waals surface area contributed by atoms with E-state index < -0.39 is 0 Å². The van der Waals surface area contributed by atoms with Crippen molar-refractivity contribution in [3.63, 3.8) is 0 Å². The third-order valence-electron chi connectivity index (χ3n) is 4.97. The maximum absolute atomic E-state index is 5.53. The smallest absolute Gasteiger partial charge is 0.118 e. The number of benzene rings is 2. The average Bonchev–Trinajstić information content (AvgIpc) is 3.01. The number of methoxy groups -OCH3 is 3. The molecule has 0 spiro atoms. The fraction of sp³-hybridized carbons (Fsp3) is 0.269. The molecular weight excluding hydrogens is 406 g/mol. The molecule has 0 saturated carbocycles. The molecule has 0 amide bonds. The number of fused-ring (bicyclic) bond motifs is 1. The first-order valence-electron chi connectivity index (χ1n) is 10.2. The highest BCUT2D eigenvalue weighted by molar-refractivity contribution is 8.00. The molecule has 0 fully saturated rings. The summed E-state index contributed by atoms with van der Waals surface area (Å²) in [5.41, 5.74) is 4.31. The van der Waals surface area contributed by atoms with Crippen molar-refractivity contribution < 1.29 is 14.2 Å². The predicted octanol–water partition coefficient (Wildman–Crippen LogP) is 6.36.